The molecule has 3 fully saturated rings. The third-order valence-electron chi connectivity index (χ3n) is 14.1. The normalized spacial score (nSPS) is 30.6. The molecule has 1 heterocycles. The first-order valence-electron chi connectivity index (χ1n) is 21.5. The molecule has 3 aromatic carbocycles. The molecule has 0 aromatic heterocycles. The second-order valence-corrected chi connectivity index (χ2v) is 18.1. The molecule has 0 unspecified atom stereocenters. The third kappa shape index (κ3) is 7.90. The van der Waals surface area contributed by atoms with E-state index in [2.05, 4.69) is 5.32 Å². The zero-order valence-corrected chi connectivity index (χ0v) is 37.9. The standard InChI is InChI=1S/C49H55NO16/c1-25-33(64-45(58)38(54)37(50-43(56)28-15-11-9-12-16-28)30-19-20-31(60-7)32(21-30)61-8)23-49(59)42(65-44(57)29-17-13-10-14-18-29)40-47(6,34(53)22-35-48(40,24-62-35)66-27(3)52)41(55)39(63-26(2)51)36(25)46(49,4)5/h9-21,33-35,37-40,42,53-54,59H,22-24H2,1-8H3,(H,50,56)/t33-,34-,35+,37-,38+,39+,40-,42-,47+,48-,49+/m0/s1. The summed E-state index contributed by atoms with van der Waals surface area (Å²) in [4.78, 5) is 84.2. The lowest BCUT2D eigenvalue weighted by atomic mass is 9.44. The summed E-state index contributed by atoms with van der Waals surface area (Å²) < 4.78 is 41.2. The highest BCUT2D eigenvalue weighted by molar-refractivity contribution is 5.96. The van der Waals surface area contributed by atoms with Gasteiger partial charge < -0.3 is 53.8 Å². The molecule has 3 aromatic rings. The summed E-state index contributed by atoms with van der Waals surface area (Å²) in [6.07, 6.45) is -10.8. The second kappa shape index (κ2) is 17.9. The lowest BCUT2D eigenvalue weighted by molar-refractivity contribution is -0.346. The van der Waals surface area contributed by atoms with E-state index >= 15 is 4.79 Å². The van der Waals surface area contributed by atoms with Crippen LogP contribution in [0.25, 0.3) is 0 Å². The summed E-state index contributed by atoms with van der Waals surface area (Å²) in [5.74, 6) is -6.51. The minimum absolute atomic E-state index is 0.0290. The average Bonchev–Trinajstić information content (AvgIpc) is 3.28. The van der Waals surface area contributed by atoms with Gasteiger partial charge in [0.15, 0.2) is 35.1 Å². The van der Waals surface area contributed by atoms with E-state index in [9.17, 15) is 39.3 Å². The van der Waals surface area contributed by atoms with Gasteiger partial charge in [-0.15, -0.1) is 0 Å². The molecule has 7 rings (SSSR count). The van der Waals surface area contributed by atoms with Crippen molar-refractivity contribution in [1.29, 1.82) is 0 Å². The predicted octanol–water partition coefficient (Wildman–Crippen LogP) is 3.75. The minimum Gasteiger partial charge on any atom is -0.493 e. The number of rotatable bonds is 12. The van der Waals surface area contributed by atoms with Crippen molar-refractivity contribution in [1.82, 2.24) is 5.32 Å². The average molecular weight is 914 g/mol. The number of hydrogen-bond donors (Lipinski definition) is 4. The monoisotopic (exact) mass is 913 g/mol. The summed E-state index contributed by atoms with van der Waals surface area (Å²) in [6.45, 7) is 7.89. The number of nitrogens with one attached hydrogen (secondary N) is 1. The molecular formula is C49H55NO16. The molecule has 3 aliphatic carbocycles. The quantitative estimate of drug-likeness (QED) is 0.115. The van der Waals surface area contributed by atoms with Gasteiger partial charge in [0.05, 0.1) is 49.9 Å². The Morgan fingerprint density at radius 1 is 0.833 bits per heavy atom. The zero-order chi connectivity index (χ0) is 48.1. The largest absolute Gasteiger partial charge is 0.493 e. The fourth-order valence-electron chi connectivity index (χ4n) is 10.6. The van der Waals surface area contributed by atoms with Gasteiger partial charge >= 0.3 is 23.9 Å². The summed E-state index contributed by atoms with van der Waals surface area (Å²) in [5.41, 5.74) is -7.41. The fraction of sp³-hybridized carbons (Fsp3) is 0.469. The smallest absolute Gasteiger partial charge is 0.338 e. The van der Waals surface area contributed by atoms with Crippen LogP contribution in [0.4, 0.5) is 0 Å². The van der Waals surface area contributed by atoms with Gasteiger partial charge in [-0.05, 0) is 67.0 Å². The molecule has 4 aliphatic rings. The Hall–Kier alpha value is -6.14. The van der Waals surface area contributed by atoms with E-state index in [4.69, 9.17) is 33.2 Å². The van der Waals surface area contributed by atoms with Crippen LogP contribution >= 0.6 is 0 Å². The topological polar surface area (TPSA) is 240 Å². The molecule has 17 heteroatoms. The molecule has 2 saturated carbocycles. The fourth-order valence-corrected chi connectivity index (χ4v) is 10.6. The van der Waals surface area contributed by atoms with Crippen LogP contribution in [0.2, 0.25) is 0 Å². The highest BCUT2D eigenvalue weighted by Crippen LogP contribution is 2.64. The van der Waals surface area contributed by atoms with E-state index in [1.807, 2.05) is 0 Å². The van der Waals surface area contributed by atoms with Crippen LogP contribution in [0.5, 0.6) is 11.5 Å². The number of methoxy groups -OCH3 is 2. The van der Waals surface area contributed by atoms with Crippen molar-refractivity contribution < 1.29 is 77.2 Å². The molecule has 0 spiro atoms. The Balaban J connectivity index is 1.39. The van der Waals surface area contributed by atoms with Gasteiger partial charge in [0.1, 0.15) is 23.9 Å². The van der Waals surface area contributed by atoms with Crippen LogP contribution < -0.4 is 14.8 Å². The Morgan fingerprint density at radius 2 is 1.45 bits per heavy atom. The summed E-state index contributed by atoms with van der Waals surface area (Å²) in [5, 5.41) is 40.6. The van der Waals surface area contributed by atoms with Crippen LogP contribution in [0.1, 0.15) is 86.7 Å². The van der Waals surface area contributed by atoms with Gasteiger partial charge in [0.25, 0.3) is 5.91 Å². The van der Waals surface area contributed by atoms with Crippen LogP contribution in [0, 0.1) is 16.7 Å². The molecule has 2 bridgehead atoms. The number of hydrogen-bond acceptors (Lipinski definition) is 16. The first-order chi connectivity index (χ1) is 31.2. The number of carbonyl (C=O) groups is 6. The summed E-state index contributed by atoms with van der Waals surface area (Å²) in [6, 6.07) is 18.9. The van der Waals surface area contributed by atoms with Gasteiger partial charge in [-0.1, -0.05) is 56.3 Å². The molecule has 0 radical (unpaired) electrons. The number of carbonyl (C=O) groups excluding carboxylic acids is 6. The number of esters is 4. The van der Waals surface area contributed by atoms with Crippen LogP contribution in [-0.2, 0) is 42.9 Å². The highest BCUT2D eigenvalue weighted by atomic mass is 16.6. The highest BCUT2D eigenvalue weighted by Gasteiger charge is 2.78. The molecular weight excluding hydrogens is 859 g/mol. The number of aliphatic hydroxyl groups excluding tert-OH is 2. The SMILES string of the molecule is COc1ccc([C@H](NC(=O)c2ccccc2)[C@@H](O)C(=O)O[C@H]2C[C@@]3(O)[C@@H](OC(=O)c4ccccc4)[C@@H]4[C@]5(OC(C)=O)CO[C@@H]5C[C@H](O)[C@@]4(C)C(=O)[C@H](OC(C)=O)C(=C2C)C3(C)C)cc1OC. The second-order valence-electron chi connectivity index (χ2n) is 18.1. The van der Waals surface area contributed by atoms with E-state index < -0.39 is 113 Å². The number of ether oxygens (including phenoxy) is 7. The van der Waals surface area contributed by atoms with Gasteiger partial charge in [-0.25, -0.2) is 9.59 Å². The number of benzene rings is 3. The predicted molar refractivity (Wildman–Crippen MR) is 231 cm³/mol. The molecule has 4 N–H and O–H groups in total. The van der Waals surface area contributed by atoms with Crippen LogP contribution in [-0.4, -0.2) is 120 Å². The van der Waals surface area contributed by atoms with Crippen LogP contribution in [0.3, 0.4) is 0 Å². The molecule has 1 amide bonds. The van der Waals surface area contributed by atoms with Crippen molar-refractivity contribution in [3.8, 4) is 11.5 Å². The first-order valence-corrected chi connectivity index (χ1v) is 21.5. The molecule has 66 heavy (non-hydrogen) atoms. The van der Waals surface area contributed by atoms with Crippen LogP contribution in [0.15, 0.2) is 90.0 Å². The Labute approximate surface area is 381 Å². The lowest BCUT2D eigenvalue weighted by Crippen LogP contribution is -2.82. The maximum Gasteiger partial charge on any atom is 0.338 e. The maximum atomic E-state index is 15.6. The van der Waals surface area contributed by atoms with Crippen molar-refractivity contribution in [2.75, 3.05) is 20.8 Å². The van der Waals surface area contributed by atoms with Gasteiger partial charge in [0, 0.05) is 37.7 Å². The lowest BCUT2D eigenvalue weighted by Gasteiger charge is -2.67. The number of Topliss-reactive ketones (excluding diaryl/α,β-unsaturated/α-hetero) is 1. The first kappa shape index (κ1) is 47.8. The molecule has 17 nitrogen and oxygen atoms in total. The van der Waals surface area contributed by atoms with E-state index in [1.54, 1.807) is 50.2 Å². The number of amides is 1. The molecule has 1 aliphatic heterocycles. The van der Waals surface area contributed by atoms with Crippen molar-refractivity contribution in [2.45, 2.75) is 108 Å². The third-order valence-corrected chi connectivity index (χ3v) is 14.1. The molecule has 352 valence electrons. The van der Waals surface area contributed by atoms with Gasteiger partial charge in [-0.2, -0.15) is 0 Å². The molecule has 1 saturated heterocycles. The van der Waals surface area contributed by atoms with Crippen molar-refractivity contribution in [3.05, 3.63) is 107 Å². The van der Waals surface area contributed by atoms with Gasteiger partial charge in [0.2, 0.25) is 0 Å². The molecule has 11 atom stereocenters. The van der Waals surface area contributed by atoms with Gasteiger partial charge in [-0.3, -0.25) is 19.2 Å². The summed E-state index contributed by atoms with van der Waals surface area (Å²) in [7, 11) is 2.81. The van der Waals surface area contributed by atoms with Crippen molar-refractivity contribution in [2.24, 2.45) is 16.7 Å². The van der Waals surface area contributed by atoms with E-state index in [1.165, 1.54) is 70.5 Å². The number of fused-ring (bicyclic) bond motifs is 5. The Bertz CT molecular complexity index is 2440. The Kier molecular flexibility index (Phi) is 13.0. The van der Waals surface area contributed by atoms with Crippen molar-refractivity contribution >= 4 is 35.6 Å². The van der Waals surface area contributed by atoms with Crippen molar-refractivity contribution in [3.63, 3.8) is 0 Å². The minimum atomic E-state index is -2.43. The van der Waals surface area contributed by atoms with E-state index in [-0.39, 0.29) is 46.6 Å². The van der Waals surface area contributed by atoms with E-state index in [0.717, 1.165) is 13.8 Å². The Morgan fingerprint density at radius 3 is 2.02 bits per heavy atom. The number of aliphatic hydroxyl groups is 3. The zero-order valence-electron chi connectivity index (χ0n) is 37.9. The number of ketones is 1. The summed E-state index contributed by atoms with van der Waals surface area (Å²) >= 11 is 0. The van der Waals surface area contributed by atoms with E-state index in [0.29, 0.717) is 5.75 Å². The maximum absolute atomic E-state index is 15.6.